The SMILES string of the molecule is CCNCc1cc(F)c(OCc2nccn2C)c(F)c1. The highest BCUT2D eigenvalue weighted by atomic mass is 19.1. The van der Waals surface area contributed by atoms with Gasteiger partial charge in [-0.15, -0.1) is 0 Å². The minimum atomic E-state index is -0.702. The molecule has 1 aromatic heterocycles. The normalized spacial score (nSPS) is 10.8. The maximum Gasteiger partial charge on any atom is 0.191 e. The minimum absolute atomic E-state index is 0.0178. The molecule has 0 radical (unpaired) electrons. The number of halogens is 2. The maximum atomic E-state index is 13.8. The molecule has 0 atom stereocenters. The van der Waals surface area contributed by atoms with Gasteiger partial charge in [0, 0.05) is 26.0 Å². The summed E-state index contributed by atoms with van der Waals surface area (Å²) >= 11 is 0. The number of ether oxygens (including phenoxy) is 1. The molecular formula is C14H17F2N3O. The molecule has 0 unspecified atom stereocenters. The van der Waals surface area contributed by atoms with E-state index in [1.807, 2.05) is 6.92 Å². The third-order valence-electron chi connectivity index (χ3n) is 2.90. The number of benzene rings is 1. The van der Waals surface area contributed by atoms with Crippen molar-refractivity contribution in [1.29, 1.82) is 0 Å². The van der Waals surface area contributed by atoms with Crippen LogP contribution in [0.15, 0.2) is 24.5 Å². The molecule has 0 aliphatic carbocycles. The summed E-state index contributed by atoms with van der Waals surface area (Å²) < 4.78 is 34.6. The van der Waals surface area contributed by atoms with E-state index in [1.54, 1.807) is 24.0 Å². The van der Waals surface area contributed by atoms with Crippen molar-refractivity contribution in [2.24, 2.45) is 7.05 Å². The number of hydrogen-bond donors (Lipinski definition) is 1. The fraction of sp³-hybridized carbons (Fsp3) is 0.357. The maximum absolute atomic E-state index is 13.8. The molecule has 1 N–H and O–H groups in total. The van der Waals surface area contributed by atoms with E-state index in [0.29, 0.717) is 17.9 Å². The average molecular weight is 281 g/mol. The van der Waals surface area contributed by atoms with Crippen LogP contribution in [0.4, 0.5) is 8.78 Å². The molecule has 0 aliphatic heterocycles. The Morgan fingerprint density at radius 1 is 1.30 bits per heavy atom. The molecule has 2 rings (SSSR count). The zero-order chi connectivity index (χ0) is 14.5. The van der Waals surface area contributed by atoms with Gasteiger partial charge in [-0.1, -0.05) is 6.92 Å². The molecule has 0 fully saturated rings. The zero-order valence-electron chi connectivity index (χ0n) is 11.5. The summed E-state index contributed by atoms with van der Waals surface area (Å²) in [7, 11) is 1.79. The second kappa shape index (κ2) is 6.47. The van der Waals surface area contributed by atoms with E-state index in [9.17, 15) is 8.78 Å². The number of aromatic nitrogens is 2. The van der Waals surface area contributed by atoms with E-state index in [0.717, 1.165) is 6.54 Å². The zero-order valence-corrected chi connectivity index (χ0v) is 11.5. The predicted octanol–water partition coefficient (Wildman–Crippen LogP) is 2.39. The van der Waals surface area contributed by atoms with Gasteiger partial charge in [0.2, 0.25) is 0 Å². The van der Waals surface area contributed by atoms with Gasteiger partial charge in [-0.05, 0) is 24.2 Å². The minimum Gasteiger partial charge on any atom is -0.480 e. The molecule has 108 valence electrons. The Hall–Kier alpha value is -1.95. The quantitative estimate of drug-likeness (QED) is 0.883. The van der Waals surface area contributed by atoms with Crippen molar-refractivity contribution in [3.63, 3.8) is 0 Å². The van der Waals surface area contributed by atoms with E-state index < -0.39 is 11.6 Å². The largest absolute Gasteiger partial charge is 0.480 e. The molecule has 1 heterocycles. The molecule has 1 aromatic carbocycles. The third-order valence-corrected chi connectivity index (χ3v) is 2.90. The molecule has 2 aromatic rings. The highest BCUT2D eigenvalue weighted by Gasteiger charge is 2.13. The Morgan fingerprint density at radius 3 is 2.55 bits per heavy atom. The van der Waals surface area contributed by atoms with Crippen molar-refractivity contribution in [3.05, 3.63) is 47.5 Å². The lowest BCUT2D eigenvalue weighted by atomic mass is 10.2. The molecule has 0 spiro atoms. The monoisotopic (exact) mass is 281 g/mol. The van der Waals surface area contributed by atoms with Crippen molar-refractivity contribution in [3.8, 4) is 5.75 Å². The van der Waals surface area contributed by atoms with Crippen LogP contribution in [0.1, 0.15) is 18.3 Å². The molecule has 6 heteroatoms. The smallest absolute Gasteiger partial charge is 0.191 e. The molecule has 0 bridgehead atoms. The summed E-state index contributed by atoms with van der Waals surface area (Å²) in [4.78, 5) is 4.03. The van der Waals surface area contributed by atoms with Crippen LogP contribution >= 0.6 is 0 Å². The van der Waals surface area contributed by atoms with E-state index in [1.165, 1.54) is 12.1 Å². The van der Waals surface area contributed by atoms with Gasteiger partial charge in [-0.2, -0.15) is 0 Å². The standard InChI is InChI=1S/C14H17F2N3O/c1-3-17-8-10-6-11(15)14(12(16)7-10)20-9-13-18-4-5-19(13)2/h4-7,17H,3,8-9H2,1-2H3. The molecule has 0 saturated heterocycles. The Labute approximate surface area is 116 Å². The van der Waals surface area contributed by atoms with Gasteiger partial charge in [0.25, 0.3) is 0 Å². The summed E-state index contributed by atoms with van der Waals surface area (Å²) in [5.74, 6) is -1.17. The number of nitrogens with one attached hydrogen (secondary N) is 1. The van der Waals surface area contributed by atoms with Gasteiger partial charge in [-0.3, -0.25) is 0 Å². The first-order chi connectivity index (χ1) is 9.61. The number of aryl methyl sites for hydroxylation is 1. The van der Waals surface area contributed by atoms with Crippen LogP contribution < -0.4 is 10.1 Å². The van der Waals surface area contributed by atoms with Gasteiger partial charge in [0.1, 0.15) is 12.4 Å². The number of nitrogens with zero attached hydrogens (tertiary/aromatic N) is 2. The summed E-state index contributed by atoms with van der Waals surface area (Å²) in [6.45, 7) is 3.10. The lowest BCUT2D eigenvalue weighted by Gasteiger charge is -2.10. The fourth-order valence-electron chi connectivity index (χ4n) is 1.79. The van der Waals surface area contributed by atoms with Crippen LogP contribution in [0, 0.1) is 11.6 Å². The molecule has 4 nitrogen and oxygen atoms in total. The van der Waals surface area contributed by atoms with Crippen LogP contribution in [0.25, 0.3) is 0 Å². The molecule has 0 aliphatic rings. The van der Waals surface area contributed by atoms with Crippen molar-refractivity contribution >= 4 is 0 Å². The van der Waals surface area contributed by atoms with E-state index >= 15 is 0 Å². The molecule has 0 amide bonds. The second-order valence-corrected chi connectivity index (χ2v) is 4.41. The Kier molecular flexibility index (Phi) is 4.68. The number of rotatable bonds is 6. The molecule has 20 heavy (non-hydrogen) atoms. The van der Waals surface area contributed by atoms with Crippen LogP contribution in [0.2, 0.25) is 0 Å². The van der Waals surface area contributed by atoms with Gasteiger partial charge >= 0.3 is 0 Å². The number of imidazole rings is 1. The lowest BCUT2D eigenvalue weighted by Crippen LogP contribution is -2.12. The summed E-state index contributed by atoms with van der Waals surface area (Å²) in [5, 5.41) is 3.01. The lowest BCUT2D eigenvalue weighted by molar-refractivity contribution is 0.262. The van der Waals surface area contributed by atoms with E-state index in [4.69, 9.17) is 4.74 Å². The summed E-state index contributed by atoms with van der Waals surface area (Å²) in [5.41, 5.74) is 0.547. The fourth-order valence-corrected chi connectivity index (χ4v) is 1.79. The Bertz CT molecular complexity index is 561. The van der Waals surface area contributed by atoms with Gasteiger partial charge in [0.15, 0.2) is 17.4 Å². The van der Waals surface area contributed by atoms with Crippen molar-refractivity contribution in [2.45, 2.75) is 20.1 Å². The van der Waals surface area contributed by atoms with Crippen LogP contribution in [-0.2, 0) is 20.2 Å². The summed E-state index contributed by atoms with van der Waals surface area (Å²) in [6.07, 6.45) is 3.34. The van der Waals surface area contributed by atoms with E-state index in [-0.39, 0.29) is 12.4 Å². The van der Waals surface area contributed by atoms with Crippen LogP contribution in [-0.4, -0.2) is 16.1 Å². The van der Waals surface area contributed by atoms with E-state index in [2.05, 4.69) is 10.3 Å². The topological polar surface area (TPSA) is 39.1 Å². The number of hydrogen-bond acceptors (Lipinski definition) is 3. The molecule has 0 saturated carbocycles. The Morgan fingerprint density at radius 2 is 2.00 bits per heavy atom. The van der Waals surface area contributed by atoms with Crippen molar-refractivity contribution in [2.75, 3.05) is 6.54 Å². The van der Waals surface area contributed by atoms with Gasteiger partial charge in [-0.25, -0.2) is 13.8 Å². The average Bonchev–Trinajstić information content (AvgIpc) is 2.81. The first kappa shape index (κ1) is 14.5. The van der Waals surface area contributed by atoms with Crippen molar-refractivity contribution in [1.82, 2.24) is 14.9 Å². The Balaban J connectivity index is 2.10. The first-order valence-electron chi connectivity index (χ1n) is 6.39. The molecular weight excluding hydrogens is 264 g/mol. The predicted molar refractivity (Wildman–Crippen MR) is 71.3 cm³/mol. The highest BCUT2D eigenvalue weighted by Crippen LogP contribution is 2.24. The first-order valence-corrected chi connectivity index (χ1v) is 6.39. The van der Waals surface area contributed by atoms with Crippen LogP contribution in [0.5, 0.6) is 5.75 Å². The van der Waals surface area contributed by atoms with Gasteiger partial charge < -0.3 is 14.6 Å². The highest BCUT2D eigenvalue weighted by molar-refractivity contribution is 5.31. The third kappa shape index (κ3) is 3.33. The summed E-state index contributed by atoms with van der Waals surface area (Å²) in [6, 6.07) is 2.55. The van der Waals surface area contributed by atoms with Crippen LogP contribution in [0.3, 0.4) is 0 Å². The van der Waals surface area contributed by atoms with Crippen molar-refractivity contribution < 1.29 is 13.5 Å². The van der Waals surface area contributed by atoms with Gasteiger partial charge in [0.05, 0.1) is 0 Å². The second-order valence-electron chi connectivity index (χ2n) is 4.41.